The largest absolute Gasteiger partial charge is 0.358 e. The lowest BCUT2D eigenvalue weighted by Crippen LogP contribution is -2.63. The lowest BCUT2D eigenvalue weighted by Gasteiger charge is -2.69. The molecule has 3 nitrogen and oxygen atoms in total. The molecule has 3 heteroatoms. The highest BCUT2D eigenvalue weighted by atomic mass is 15.3. The Hall–Kier alpha value is -0.570. The van der Waals surface area contributed by atoms with E-state index in [1.54, 1.807) is 0 Å². The minimum atomic E-state index is 0.493. The number of fused-ring (bicyclic) bond motifs is 2. The van der Waals surface area contributed by atoms with E-state index in [4.69, 9.17) is 4.99 Å². The topological polar surface area (TPSA) is 18.8 Å². The molecule has 1 saturated heterocycles. The van der Waals surface area contributed by atoms with E-state index in [2.05, 4.69) is 51.5 Å². The Labute approximate surface area is 130 Å². The predicted molar refractivity (Wildman–Crippen MR) is 89.7 cm³/mol. The van der Waals surface area contributed by atoms with Crippen molar-refractivity contribution in [2.45, 2.75) is 53.5 Å². The maximum absolute atomic E-state index is 5.18. The van der Waals surface area contributed by atoms with Crippen molar-refractivity contribution >= 4 is 5.84 Å². The normalized spacial score (nSPS) is 43.6. The Kier molecular flexibility index (Phi) is 3.63. The molecule has 120 valence electrons. The van der Waals surface area contributed by atoms with Crippen LogP contribution in [0.15, 0.2) is 4.99 Å². The molecule has 3 aliphatic carbocycles. The third-order valence-corrected chi connectivity index (χ3v) is 7.58. The Balaban J connectivity index is 1.70. The van der Waals surface area contributed by atoms with Crippen LogP contribution in [-0.2, 0) is 0 Å². The number of nitrogens with zero attached hydrogens (tertiary/aromatic N) is 3. The van der Waals surface area contributed by atoms with Gasteiger partial charge in [-0.1, -0.05) is 27.7 Å². The Morgan fingerprint density at radius 1 is 1.10 bits per heavy atom. The second kappa shape index (κ2) is 4.97. The summed E-state index contributed by atoms with van der Waals surface area (Å²) in [5.41, 5.74) is 1.01. The van der Waals surface area contributed by atoms with Crippen molar-refractivity contribution in [3.63, 3.8) is 0 Å². The summed E-state index contributed by atoms with van der Waals surface area (Å²) in [6.07, 6.45) is 2.72. The third-order valence-electron chi connectivity index (χ3n) is 7.58. The molecule has 4 atom stereocenters. The molecule has 2 bridgehead atoms. The molecule has 21 heavy (non-hydrogen) atoms. The molecule has 1 heterocycles. The summed E-state index contributed by atoms with van der Waals surface area (Å²) in [4.78, 5) is 10.1. The lowest BCUT2D eigenvalue weighted by molar-refractivity contribution is -0.188. The van der Waals surface area contributed by atoms with Crippen molar-refractivity contribution in [3.8, 4) is 0 Å². The number of hydrogen-bond donors (Lipinski definition) is 0. The van der Waals surface area contributed by atoms with Gasteiger partial charge >= 0.3 is 0 Å². The summed E-state index contributed by atoms with van der Waals surface area (Å²) in [5, 5.41) is 0. The van der Waals surface area contributed by atoms with Gasteiger partial charge in [0.05, 0.1) is 11.9 Å². The zero-order valence-electron chi connectivity index (χ0n) is 14.8. The van der Waals surface area contributed by atoms with E-state index in [0.29, 0.717) is 22.8 Å². The zero-order chi connectivity index (χ0) is 15.4. The van der Waals surface area contributed by atoms with Gasteiger partial charge in [0.15, 0.2) is 0 Å². The first-order valence-corrected chi connectivity index (χ1v) is 8.73. The fraction of sp³-hybridized carbons (Fsp3) is 0.944. The van der Waals surface area contributed by atoms with E-state index in [-0.39, 0.29) is 0 Å². The summed E-state index contributed by atoms with van der Waals surface area (Å²) < 4.78 is 0. The van der Waals surface area contributed by atoms with Crippen LogP contribution in [0.3, 0.4) is 0 Å². The molecule has 0 amide bonds. The van der Waals surface area contributed by atoms with Gasteiger partial charge in [-0.25, -0.2) is 0 Å². The summed E-state index contributed by atoms with van der Waals surface area (Å²) in [6.45, 7) is 16.7. The summed E-state index contributed by atoms with van der Waals surface area (Å²) in [7, 11) is 2.21. The van der Waals surface area contributed by atoms with Crippen LogP contribution in [0.5, 0.6) is 0 Å². The lowest BCUT2D eigenvalue weighted by atomic mass is 9.37. The number of amidine groups is 1. The molecule has 0 radical (unpaired) electrons. The van der Waals surface area contributed by atoms with Crippen LogP contribution in [0.25, 0.3) is 0 Å². The monoisotopic (exact) mass is 291 g/mol. The van der Waals surface area contributed by atoms with Crippen molar-refractivity contribution in [1.29, 1.82) is 0 Å². The number of rotatable bonds is 1. The van der Waals surface area contributed by atoms with Crippen LogP contribution < -0.4 is 0 Å². The fourth-order valence-electron chi connectivity index (χ4n) is 5.05. The SMILES string of the molecule is CC(=NC1C[C@@H]2C[C@](C)([C@@H]1C)C2(C)C)N1CCN(C)CC1. The van der Waals surface area contributed by atoms with Crippen LogP contribution in [-0.4, -0.2) is 54.9 Å². The average Bonchev–Trinajstić information content (AvgIpc) is 2.44. The van der Waals surface area contributed by atoms with Crippen LogP contribution >= 0.6 is 0 Å². The highest BCUT2D eigenvalue weighted by Gasteiger charge is 2.64. The smallest absolute Gasteiger partial charge is 0.0961 e. The van der Waals surface area contributed by atoms with E-state index >= 15 is 0 Å². The Morgan fingerprint density at radius 3 is 2.29 bits per heavy atom. The molecule has 1 aliphatic heterocycles. The van der Waals surface area contributed by atoms with Gasteiger partial charge in [-0.2, -0.15) is 0 Å². The van der Waals surface area contributed by atoms with Crippen molar-refractivity contribution in [3.05, 3.63) is 0 Å². The van der Waals surface area contributed by atoms with Crippen molar-refractivity contribution in [1.82, 2.24) is 9.80 Å². The molecule has 0 spiro atoms. The molecule has 0 N–H and O–H groups in total. The van der Waals surface area contributed by atoms with Gasteiger partial charge in [-0.05, 0) is 49.5 Å². The van der Waals surface area contributed by atoms with E-state index in [9.17, 15) is 0 Å². The van der Waals surface area contributed by atoms with Crippen LogP contribution in [0.4, 0.5) is 0 Å². The average molecular weight is 291 g/mol. The van der Waals surface area contributed by atoms with Crippen LogP contribution in [0.1, 0.15) is 47.5 Å². The first kappa shape index (κ1) is 15.3. The predicted octanol–water partition coefficient (Wildman–Crippen LogP) is 3.11. The summed E-state index contributed by atoms with van der Waals surface area (Å²) in [5.74, 6) is 2.87. The molecule has 0 aromatic rings. The van der Waals surface area contributed by atoms with Gasteiger partial charge in [0.25, 0.3) is 0 Å². The molecule has 1 unspecified atom stereocenters. The summed E-state index contributed by atoms with van der Waals surface area (Å²) >= 11 is 0. The highest BCUT2D eigenvalue weighted by Crippen LogP contribution is 2.69. The molecule has 0 aromatic heterocycles. The maximum atomic E-state index is 5.18. The minimum absolute atomic E-state index is 0.493. The van der Waals surface area contributed by atoms with Gasteiger partial charge in [0, 0.05) is 26.2 Å². The summed E-state index contributed by atoms with van der Waals surface area (Å²) in [6, 6.07) is 0.543. The Morgan fingerprint density at radius 2 is 1.71 bits per heavy atom. The number of hydrogen-bond acceptors (Lipinski definition) is 2. The number of likely N-dealkylation sites (N-methyl/N-ethyl adjacent to an activating group) is 1. The fourth-order valence-corrected chi connectivity index (χ4v) is 5.05. The molecule has 3 saturated carbocycles. The van der Waals surface area contributed by atoms with E-state index < -0.39 is 0 Å². The second-order valence-electron chi connectivity index (χ2n) is 8.60. The Bertz CT molecular complexity index is 434. The van der Waals surface area contributed by atoms with E-state index in [0.717, 1.165) is 19.0 Å². The van der Waals surface area contributed by atoms with Crippen molar-refractivity contribution in [2.24, 2.45) is 27.7 Å². The molecular formula is C18H33N3. The van der Waals surface area contributed by atoms with Crippen LogP contribution in [0, 0.1) is 22.7 Å². The highest BCUT2D eigenvalue weighted by molar-refractivity contribution is 5.80. The molecular weight excluding hydrogens is 258 g/mol. The van der Waals surface area contributed by atoms with Gasteiger partial charge in [0.1, 0.15) is 0 Å². The quantitative estimate of drug-likeness (QED) is 0.546. The molecule has 0 aromatic carbocycles. The van der Waals surface area contributed by atoms with Gasteiger partial charge in [-0.15, -0.1) is 0 Å². The van der Waals surface area contributed by atoms with Crippen molar-refractivity contribution < 1.29 is 0 Å². The minimum Gasteiger partial charge on any atom is -0.358 e. The molecule has 4 fully saturated rings. The van der Waals surface area contributed by atoms with E-state index in [1.165, 1.54) is 31.8 Å². The zero-order valence-corrected chi connectivity index (χ0v) is 14.8. The van der Waals surface area contributed by atoms with Gasteiger partial charge in [0.2, 0.25) is 0 Å². The number of piperazine rings is 1. The van der Waals surface area contributed by atoms with Gasteiger partial charge in [-0.3, -0.25) is 4.99 Å². The third kappa shape index (κ3) is 2.23. The van der Waals surface area contributed by atoms with Crippen LogP contribution in [0.2, 0.25) is 0 Å². The molecule has 4 rings (SSSR count). The van der Waals surface area contributed by atoms with Gasteiger partial charge < -0.3 is 9.80 Å². The van der Waals surface area contributed by atoms with E-state index in [1.807, 2.05) is 0 Å². The van der Waals surface area contributed by atoms with Crippen molar-refractivity contribution in [2.75, 3.05) is 33.2 Å². The maximum Gasteiger partial charge on any atom is 0.0961 e. The molecule has 4 aliphatic rings. The first-order valence-electron chi connectivity index (χ1n) is 8.73. The number of aliphatic imine (C=N–C) groups is 1. The standard InChI is InChI=1S/C18H33N3/c1-13-16(11-15-12-18(13,5)17(15,3)4)19-14(2)21-9-7-20(6)8-10-21/h13,15-16H,7-12H2,1-6H3/t13-,15-,16?,18-/m1/s1. The second-order valence-corrected chi connectivity index (χ2v) is 8.60. The first-order chi connectivity index (χ1) is 9.75.